The minimum absolute atomic E-state index is 0.0265. The van der Waals surface area contributed by atoms with Crippen molar-refractivity contribution < 1.29 is 8.42 Å². The Morgan fingerprint density at radius 3 is 2.44 bits per heavy atom. The van der Waals surface area contributed by atoms with Gasteiger partial charge in [0.1, 0.15) is 0 Å². The van der Waals surface area contributed by atoms with Gasteiger partial charge in [0.2, 0.25) is 10.0 Å². The molecule has 0 radical (unpaired) electrons. The third kappa shape index (κ3) is 3.06. The zero-order valence-corrected chi connectivity index (χ0v) is 12.2. The van der Waals surface area contributed by atoms with Crippen molar-refractivity contribution in [2.45, 2.75) is 51.5 Å². The van der Waals surface area contributed by atoms with Crippen LogP contribution in [0, 0.1) is 11.8 Å². The lowest BCUT2D eigenvalue weighted by Gasteiger charge is -2.28. The molecular weight excluding hydrogens is 248 g/mol. The molecule has 4 nitrogen and oxygen atoms in total. The minimum atomic E-state index is -3.10. The van der Waals surface area contributed by atoms with E-state index in [0.717, 1.165) is 19.3 Å². The molecule has 0 aromatic carbocycles. The Labute approximate surface area is 111 Å². The van der Waals surface area contributed by atoms with Crippen LogP contribution in [0.2, 0.25) is 0 Å². The standard InChI is InChI=1S/C13H26N2O2S/c1-11-7-8-15(13(11)9-14)18(16,17)10-12-5-3-2-4-6-12/h11-13H,2-10,14H2,1H3. The average molecular weight is 274 g/mol. The first-order chi connectivity index (χ1) is 8.54. The lowest BCUT2D eigenvalue weighted by Crippen LogP contribution is -2.44. The van der Waals surface area contributed by atoms with Crippen molar-refractivity contribution in [2.24, 2.45) is 17.6 Å². The molecular formula is C13H26N2O2S. The lowest BCUT2D eigenvalue weighted by molar-refractivity contribution is 0.339. The van der Waals surface area contributed by atoms with Crippen molar-refractivity contribution in [1.82, 2.24) is 4.31 Å². The first-order valence-electron chi connectivity index (χ1n) is 7.24. The zero-order valence-electron chi connectivity index (χ0n) is 11.3. The van der Waals surface area contributed by atoms with Crippen LogP contribution in [0.25, 0.3) is 0 Å². The highest BCUT2D eigenvalue weighted by Crippen LogP contribution is 2.30. The third-order valence-electron chi connectivity index (χ3n) is 4.60. The van der Waals surface area contributed by atoms with Gasteiger partial charge in [-0.05, 0) is 31.1 Å². The van der Waals surface area contributed by atoms with Crippen LogP contribution in [0.5, 0.6) is 0 Å². The second-order valence-electron chi connectivity index (χ2n) is 5.96. The molecule has 106 valence electrons. The van der Waals surface area contributed by atoms with E-state index < -0.39 is 10.0 Å². The van der Waals surface area contributed by atoms with E-state index in [1.165, 1.54) is 19.3 Å². The average Bonchev–Trinajstić information content (AvgIpc) is 2.72. The van der Waals surface area contributed by atoms with Gasteiger partial charge in [-0.15, -0.1) is 0 Å². The summed E-state index contributed by atoms with van der Waals surface area (Å²) >= 11 is 0. The molecule has 18 heavy (non-hydrogen) atoms. The zero-order chi connectivity index (χ0) is 13.2. The van der Waals surface area contributed by atoms with E-state index in [1.807, 2.05) is 0 Å². The molecule has 1 aliphatic carbocycles. The van der Waals surface area contributed by atoms with Crippen molar-refractivity contribution >= 4 is 10.0 Å². The quantitative estimate of drug-likeness (QED) is 0.846. The predicted octanol–water partition coefficient (Wildman–Crippen LogP) is 1.57. The monoisotopic (exact) mass is 274 g/mol. The summed E-state index contributed by atoms with van der Waals surface area (Å²) in [5.74, 6) is 1.12. The van der Waals surface area contributed by atoms with Crippen molar-refractivity contribution in [3.05, 3.63) is 0 Å². The Morgan fingerprint density at radius 2 is 1.83 bits per heavy atom. The molecule has 0 amide bonds. The molecule has 2 N–H and O–H groups in total. The highest BCUT2D eigenvalue weighted by molar-refractivity contribution is 7.89. The fraction of sp³-hybridized carbons (Fsp3) is 1.00. The Hall–Kier alpha value is -0.130. The minimum Gasteiger partial charge on any atom is -0.329 e. The molecule has 2 atom stereocenters. The van der Waals surface area contributed by atoms with Gasteiger partial charge in [0.15, 0.2) is 0 Å². The molecule has 5 heteroatoms. The van der Waals surface area contributed by atoms with Crippen LogP contribution in [-0.2, 0) is 10.0 Å². The first kappa shape index (κ1) is 14.3. The van der Waals surface area contributed by atoms with Crippen molar-refractivity contribution in [3.8, 4) is 0 Å². The summed E-state index contributed by atoms with van der Waals surface area (Å²) in [6.45, 7) is 3.22. The van der Waals surface area contributed by atoms with Crippen LogP contribution in [0.15, 0.2) is 0 Å². The van der Waals surface area contributed by atoms with Crippen LogP contribution in [0.1, 0.15) is 45.4 Å². The second-order valence-corrected chi connectivity index (χ2v) is 7.93. The molecule has 0 aromatic heterocycles. The van der Waals surface area contributed by atoms with E-state index in [4.69, 9.17) is 5.73 Å². The molecule has 1 saturated carbocycles. The number of rotatable bonds is 4. The smallest absolute Gasteiger partial charge is 0.214 e. The lowest BCUT2D eigenvalue weighted by atomic mass is 9.91. The molecule has 0 bridgehead atoms. The van der Waals surface area contributed by atoms with E-state index >= 15 is 0 Å². The van der Waals surface area contributed by atoms with Gasteiger partial charge < -0.3 is 5.73 Å². The summed E-state index contributed by atoms with van der Waals surface area (Å²) in [6.07, 6.45) is 6.76. The van der Waals surface area contributed by atoms with E-state index in [1.54, 1.807) is 4.31 Å². The van der Waals surface area contributed by atoms with Gasteiger partial charge in [0.05, 0.1) is 5.75 Å². The van der Waals surface area contributed by atoms with Gasteiger partial charge in [-0.25, -0.2) is 8.42 Å². The first-order valence-corrected chi connectivity index (χ1v) is 8.85. The fourth-order valence-corrected chi connectivity index (χ4v) is 5.63. The van der Waals surface area contributed by atoms with Gasteiger partial charge in [0, 0.05) is 19.1 Å². The highest BCUT2D eigenvalue weighted by atomic mass is 32.2. The third-order valence-corrected chi connectivity index (χ3v) is 6.66. The normalized spacial score (nSPS) is 31.9. The summed E-state index contributed by atoms with van der Waals surface area (Å²) < 4.78 is 26.7. The topological polar surface area (TPSA) is 63.4 Å². The van der Waals surface area contributed by atoms with Gasteiger partial charge in [-0.3, -0.25) is 0 Å². The molecule has 1 heterocycles. The molecule has 1 aliphatic heterocycles. The fourth-order valence-electron chi connectivity index (χ4n) is 3.42. The summed E-state index contributed by atoms with van der Waals surface area (Å²) in [5.41, 5.74) is 5.74. The Balaban J connectivity index is 2.01. The summed E-state index contributed by atoms with van der Waals surface area (Å²) in [6, 6.07) is 0.0265. The highest BCUT2D eigenvalue weighted by Gasteiger charge is 2.38. The van der Waals surface area contributed by atoms with E-state index in [-0.39, 0.29) is 6.04 Å². The number of hydrogen-bond donors (Lipinski definition) is 1. The second kappa shape index (κ2) is 5.88. The van der Waals surface area contributed by atoms with Crippen LogP contribution in [-0.4, -0.2) is 37.6 Å². The van der Waals surface area contributed by atoms with Crippen molar-refractivity contribution in [1.29, 1.82) is 0 Å². The van der Waals surface area contributed by atoms with Gasteiger partial charge in [-0.2, -0.15) is 4.31 Å². The Morgan fingerprint density at radius 1 is 1.17 bits per heavy atom. The summed E-state index contributed by atoms with van der Waals surface area (Å²) in [7, 11) is -3.10. The van der Waals surface area contributed by atoms with Gasteiger partial charge >= 0.3 is 0 Å². The molecule has 0 spiro atoms. The maximum Gasteiger partial charge on any atom is 0.214 e. The van der Waals surface area contributed by atoms with Crippen molar-refractivity contribution in [2.75, 3.05) is 18.8 Å². The molecule has 2 rings (SSSR count). The van der Waals surface area contributed by atoms with Crippen LogP contribution < -0.4 is 5.73 Å². The van der Waals surface area contributed by atoms with Gasteiger partial charge in [-0.1, -0.05) is 26.2 Å². The van der Waals surface area contributed by atoms with Crippen LogP contribution >= 0.6 is 0 Å². The van der Waals surface area contributed by atoms with Crippen LogP contribution in [0.3, 0.4) is 0 Å². The largest absolute Gasteiger partial charge is 0.329 e. The van der Waals surface area contributed by atoms with E-state index in [2.05, 4.69) is 6.92 Å². The Bertz CT molecular complexity index is 363. The number of nitrogens with two attached hydrogens (primary N) is 1. The van der Waals surface area contributed by atoms with Crippen molar-refractivity contribution in [3.63, 3.8) is 0 Å². The molecule has 2 unspecified atom stereocenters. The van der Waals surface area contributed by atoms with Crippen LogP contribution in [0.4, 0.5) is 0 Å². The predicted molar refractivity (Wildman–Crippen MR) is 73.7 cm³/mol. The SMILES string of the molecule is CC1CCN(S(=O)(=O)CC2CCCCC2)C1CN. The van der Waals surface area contributed by atoms with E-state index in [9.17, 15) is 8.42 Å². The number of sulfonamides is 1. The molecule has 2 aliphatic rings. The molecule has 0 aromatic rings. The summed E-state index contributed by atoms with van der Waals surface area (Å²) in [4.78, 5) is 0. The number of hydrogen-bond acceptors (Lipinski definition) is 3. The number of nitrogens with zero attached hydrogens (tertiary/aromatic N) is 1. The maximum atomic E-state index is 12.5. The molecule has 2 fully saturated rings. The Kier molecular flexibility index (Phi) is 4.67. The van der Waals surface area contributed by atoms with E-state index in [0.29, 0.717) is 30.7 Å². The summed E-state index contributed by atoms with van der Waals surface area (Å²) in [5, 5.41) is 0. The maximum absolute atomic E-state index is 12.5. The van der Waals surface area contributed by atoms with Gasteiger partial charge in [0.25, 0.3) is 0 Å². The molecule has 1 saturated heterocycles.